The molecule has 0 bridgehead atoms. The van der Waals surface area contributed by atoms with Crippen LogP contribution in [0.3, 0.4) is 0 Å². The van der Waals surface area contributed by atoms with Crippen LogP contribution in [0.2, 0.25) is 0 Å². The van der Waals surface area contributed by atoms with Gasteiger partial charge in [-0.3, -0.25) is 4.79 Å². The van der Waals surface area contributed by atoms with E-state index in [0.717, 1.165) is 0 Å². The fourth-order valence-corrected chi connectivity index (χ4v) is 2.64. The summed E-state index contributed by atoms with van der Waals surface area (Å²) in [5.41, 5.74) is 0.716. The van der Waals surface area contributed by atoms with Crippen LogP contribution < -0.4 is 19.1 Å². The summed E-state index contributed by atoms with van der Waals surface area (Å²) in [5, 5.41) is 8.85. The number of carbonyl (C=O) groups excluding carboxylic acids is 2. The Kier molecular flexibility index (Phi) is 7.86. The highest BCUT2D eigenvalue weighted by molar-refractivity contribution is 5.98. The Morgan fingerprint density at radius 2 is 1.59 bits per heavy atom. The van der Waals surface area contributed by atoms with Crippen molar-refractivity contribution in [1.82, 2.24) is 0 Å². The first-order valence-corrected chi connectivity index (χ1v) is 8.75. The molecule has 8 nitrogen and oxygen atoms in total. The monoisotopic (exact) mass is 398 g/mol. The Morgan fingerprint density at radius 1 is 0.966 bits per heavy atom. The van der Waals surface area contributed by atoms with Gasteiger partial charge in [0.05, 0.1) is 33.8 Å². The number of hydrogen-bond donors (Lipinski definition) is 0. The zero-order valence-corrected chi connectivity index (χ0v) is 16.5. The van der Waals surface area contributed by atoms with Crippen LogP contribution in [0.15, 0.2) is 42.5 Å². The molecule has 0 unspecified atom stereocenters. The largest absolute Gasteiger partial charge is 0.496 e. The zero-order chi connectivity index (χ0) is 21.2. The molecule has 0 saturated heterocycles. The van der Waals surface area contributed by atoms with Crippen molar-refractivity contribution in [2.24, 2.45) is 0 Å². The predicted octanol–water partition coefficient (Wildman–Crippen LogP) is 2.82. The van der Waals surface area contributed by atoms with Crippen LogP contribution in [-0.4, -0.2) is 46.4 Å². The molecule has 0 spiro atoms. The highest BCUT2D eigenvalue weighted by atomic mass is 16.5. The van der Waals surface area contributed by atoms with Crippen molar-refractivity contribution in [1.29, 1.82) is 5.26 Å². The average molecular weight is 398 g/mol. The maximum absolute atomic E-state index is 12.6. The number of methoxy groups -OCH3 is 3. The van der Waals surface area contributed by atoms with Crippen molar-refractivity contribution in [2.45, 2.75) is 6.42 Å². The van der Waals surface area contributed by atoms with Gasteiger partial charge in [0.25, 0.3) is 5.91 Å². The summed E-state index contributed by atoms with van der Waals surface area (Å²) in [6, 6.07) is 13.8. The third kappa shape index (κ3) is 5.39. The van der Waals surface area contributed by atoms with E-state index in [4.69, 9.17) is 24.2 Å². The lowest BCUT2D eigenvalue weighted by atomic mass is 10.1. The first-order chi connectivity index (χ1) is 14.0. The lowest BCUT2D eigenvalue weighted by molar-refractivity contribution is -0.121. The Labute approximate surface area is 169 Å². The number of benzene rings is 2. The number of hydrogen-bond acceptors (Lipinski definition) is 7. The van der Waals surface area contributed by atoms with Gasteiger partial charge in [0, 0.05) is 24.4 Å². The molecule has 0 fully saturated rings. The molecule has 8 heteroatoms. The number of anilines is 1. The molecule has 1 amide bonds. The second kappa shape index (κ2) is 10.6. The molecule has 29 heavy (non-hydrogen) atoms. The number of para-hydroxylation sites is 1. The molecule has 152 valence electrons. The Bertz CT molecular complexity index is 892. The topological polar surface area (TPSA) is 98.1 Å². The second-order valence-corrected chi connectivity index (χ2v) is 5.77. The van der Waals surface area contributed by atoms with Crippen LogP contribution in [-0.2, 0) is 9.53 Å². The molecule has 2 aromatic carbocycles. The SMILES string of the molecule is COc1cc(OC)c(C(=O)OCC(=O)N(CCC#N)c2ccccc2)cc1OC. The van der Waals surface area contributed by atoms with Gasteiger partial charge in [0.15, 0.2) is 18.1 Å². The molecule has 0 saturated carbocycles. The summed E-state index contributed by atoms with van der Waals surface area (Å²) in [7, 11) is 4.31. The maximum Gasteiger partial charge on any atom is 0.342 e. The summed E-state index contributed by atoms with van der Waals surface area (Å²) in [6.07, 6.45) is 0.151. The van der Waals surface area contributed by atoms with Crippen molar-refractivity contribution >= 4 is 17.6 Å². The van der Waals surface area contributed by atoms with Gasteiger partial charge in [-0.1, -0.05) is 18.2 Å². The van der Waals surface area contributed by atoms with Crippen LogP contribution in [0.1, 0.15) is 16.8 Å². The van der Waals surface area contributed by atoms with Crippen LogP contribution in [0.25, 0.3) is 0 Å². The van der Waals surface area contributed by atoms with Crippen LogP contribution >= 0.6 is 0 Å². The van der Waals surface area contributed by atoms with Crippen LogP contribution in [0.4, 0.5) is 5.69 Å². The van der Waals surface area contributed by atoms with Gasteiger partial charge < -0.3 is 23.8 Å². The Balaban J connectivity index is 2.16. The molecular formula is C21H22N2O6. The van der Waals surface area contributed by atoms with E-state index in [1.807, 2.05) is 12.1 Å². The summed E-state index contributed by atoms with van der Waals surface area (Å²) in [4.78, 5) is 26.6. The number of esters is 1. The van der Waals surface area contributed by atoms with E-state index in [-0.39, 0.29) is 24.3 Å². The predicted molar refractivity (Wildman–Crippen MR) is 105 cm³/mol. The average Bonchev–Trinajstić information content (AvgIpc) is 2.77. The van der Waals surface area contributed by atoms with Gasteiger partial charge in [-0.25, -0.2) is 4.79 Å². The maximum atomic E-state index is 12.6. The fraction of sp³-hybridized carbons (Fsp3) is 0.286. The van der Waals surface area contributed by atoms with Crippen molar-refractivity contribution in [3.8, 4) is 23.3 Å². The zero-order valence-electron chi connectivity index (χ0n) is 16.5. The van der Waals surface area contributed by atoms with Gasteiger partial charge in [-0.05, 0) is 12.1 Å². The standard InChI is InChI=1S/C21H22N2O6/c1-26-17-13-19(28-3)18(27-2)12-16(17)21(25)29-14-20(24)23(11-7-10-22)15-8-5-4-6-9-15/h4-6,8-9,12-13H,7,11,14H2,1-3H3. The van der Waals surface area contributed by atoms with E-state index in [1.165, 1.54) is 38.4 Å². The lowest BCUT2D eigenvalue weighted by Gasteiger charge is -2.21. The fourth-order valence-electron chi connectivity index (χ4n) is 2.64. The molecular weight excluding hydrogens is 376 g/mol. The van der Waals surface area contributed by atoms with E-state index < -0.39 is 18.5 Å². The van der Waals surface area contributed by atoms with E-state index in [9.17, 15) is 9.59 Å². The van der Waals surface area contributed by atoms with Gasteiger partial charge in [0.2, 0.25) is 0 Å². The Morgan fingerprint density at radius 3 is 2.17 bits per heavy atom. The normalized spacial score (nSPS) is 9.86. The third-order valence-electron chi connectivity index (χ3n) is 4.07. The first kappa shape index (κ1) is 21.6. The van der Waals surface area contributed by atoms with Crippen molar-refractivity contribution in [3.63, 3.8) is 0 Å². The van der Waals surface area contributed by atoms with Crippen molar-refractivity contribution in [2.75, 3.05) is 39.4 Å². The second-order valence-electron chi connectivity index (χ2n) is 5.77. The number of ether oxygens (including phenoxy) is 4. The quantitative estimate of drug-likeness (QED) is 0.599. The number of carbonyl (C=O) groups is 2. The molecule has 0 atom stereocenters. The molecule has 2 aromatic rings. The molecule has 0 radical (unpaired) electrons. The minimum absolute atomic E-state index is 0.0984. The van der Waals surface area contributed by atoms with Gasteiger partial charge in [-0.2, -0.15) is 5.26 Å². The molecule has 0 aromatic heterocycles. The van der Waals surface area contributed by atoms with Crippen LogP contribution in [0.5, 0.6) is 17.2 Å². The molecule has 2 rings (SSSR count). The highest BCUT2D eigenvalue weighted by Crippen LogP contribution is 2.34. The van der Waals surface area contributed by atoms with Crippen molar-refractivity contribution in [3.05, 3.63) is 48.0 Å². The van der Waals surface area contributed by atoms with Gasteiger partial charge >= 0.3 is 5.97 Å². The smallest absolute Gasteiger partial charge is 0.342 e. The number of rotatable bonds is 9. The third-order valence-corrected chi connectivity index (χ3v) is 4.07. The minimum atomic E-state index is -0.746. The van der Waals surface area contributed by atoms with Gasteiger partial charge in [0.1, 0.15) is 11.3 Å². The summed E-state index contributed by atoms with van der Waals surface area (Å²) >= 11 is 0. The first-order valence-electron chi connectivity index (χ1n) is 8.75. The number of nitriles is 1. The van der Waals surface area contributed by atoms with Gasteiger partial charge in [-0.15, -0.1) is 0 Å². The van der Waals surface area contributed by atoms with E-state index in [1.54, 1.807) is 24.3 Å². The van der Waals surface area contributed by atoms with E-state index in [2.05, 4.69) is 0 Å². The molecule has 0 aliphatic carbocycles. The summed E-state index contributed by atoms with van der Waals surface area (Å²) in [6.45, 7) is -0.298. The molecule has 0 aliphatic rings. The van der Waals surface area contributed by atoms with E-state index >= 15 is 0 Å². The minimum Gasteiger partial charge on any atom is -0.496 e. The molecule has 0 N–H and O–H groups in total. The highest BCUT2D eigenvalue weighted by Gasteiger charge is 2.22. The molecule has 0 aliphatic heterocycles. The van der Waals surface area contributed by atoms with E-state index in [0.29, 0.717) is 17.2 Å². The summed E-state index contributed by atoms with van der Waals surface area (Å²) in [5.74, 6) is -0.247. The Hall–Kier alpha value is -3.73. The number of amides is 1. The number of nitrogens with zero attached hydrogens (tertiary/aromatic N) is 2. The molecule has 0 heterocycles. The summed E-state index contributed by atoms with van der Waals surface area (Å²) < 4.78 is 20.8. The van der Waals surface area contributed by atoms with Crippen LogP contribution in [0, 0.1) is 11.3 Å². The lowest BCUT2D eigenvalue weighted by Crippen LogP contribution is -2.35. The van der Waals surface area contributed by atoms with Crippen molar-refractivity contribution < 1.29 is 28.5 Å².